The Morgan fingerprint density at radius 2 is 1.75 bits per heavy atom. The third-order valence-electron chi connectivity index (χ3n) is 3.58. The third-order valence-corrected chi connectivity index (χ3v) is 3.58. The Kier molecular flexibility index (Phi) is 3.48. The lowest BCUT2D eigenvalue weighted by Crippen LogP contribution is -2.08. The quantitative estimate of drug-likeness (QED) is 0.631. The van der Waals surface area contributed by atoms with Gasteiger partial charge in [0.25, 0.3) is 0 Å². The summed E-state index contributed by atoms with van der Waals surface area (Å²) in [5, 5.41) is 0. The van der Waals surface area contributed by atoms with Crippen LogP contribution >= 0.6 is 0 Å². The lowest BCUT2D eigenvalue weighted by atomic mass is 9.82. The van der Waals surface area contributed by atoms with Crippen molar-refractivity contribution >= 4 is 0 Å². The molecule has 16 heavy (non-hydrogen) atoms. The maximum absolute atomic E-state index is 2.46. The van der Waals surface area contributed by atoms with Gasteiger partial charge in [0.2, 0.25) is 0 Å². The fraction of sp³-hybridized carbons (Fsp3) is 0.500. The topological polar surface area (TPSA) is 0 Å². The van der Waals surface area contributed by atoms with Crippen molar-refractivity contribution in [3.63, 3.8) is 0 Å². The summed E-state index contributed by atoms with van der Waals surface area (Å²) in [5.41, 5.74) is 4.51. The van der Waals surface area contributed by atoms with E-state index in [1.165, 1.54) is 30.4 Å². The standard InChI is InChI=1S/C16H22/c1-12(2)16(14-6-4-5-7-14)15-10-8-13(3)9-11-15/h6,8-12,16H,4-5,7H2,1-3H3. The zero-order chi connectivity index (χ0) is 11.5. The highest BCUT2D eigenvalue weighted by molar-refractivity contribution is 5.33. The smallest absolute Gasteiger partial charge is 0.00711 e. The van der Waals surface area contributed by atoms with Gasteiger partial charge in [-0.15, -0.1) is 0 Å². The Hall–Kier alpha value is -1.04. The van der Waals surface area contributed by atoms with Crippen molar-refractivity contribution in [2.45, 2.75) is 46.0 Å². The molecule has 0 saturated carbocycles. The molecule has 1 aliphatic rings. The second kappa shape index (κ2) is 4.86. The maximum atomic E-state index is 2.46. The minimum absolute atomic E-state index is 0.642. The van der Waals surface area contributed by atoms with E-state index in [2.05, 4.69) is 51.1 Å². The largest absolute Gasteiger partial charge is 0.0847 e. The van der Waals surface area contributed by atoms with Crippen LogP contribution in [0.5, 0.6) is 0 Å². The summed E-state index contributed by atoms with van der Waals surface area (Å²) in [6.07, 6.45) is 6.40. The number of benzene rings is 1. The molecular weight excluding hydrogens is 192 g/mol. The number of hydrogen-bond donors (Lipinski definition) is 0. The molecule has 86 valence electrons. The molecule has 1 atom stereocenters. The third kappa shape index (κ3) is 2.37. The molecule has 1 aliphatic carbocycles. The van der Waals surface area contributed by atoms with Crippen LogP contribution in [-0.4, -0.2) is 0 Å². The van der Waals surface area contributed by atoms with E-state index in [-0.39, 0.29) is 0 Å². The summed E-state index contributed by atoms with van der Waals surface area (Å²) >= 11 is 0. The van der Waals surface area contributed by atoms with Crippen LogP contribution in [0.15, 0.2) is 35.9 Å². The molecule has 1 aromatic carbocycles. The van der Waals surface area contributed by atoms with Gasteiger partial charge in [0.15, 0.2) is 0 Å². The van der Waals surface area contributed by atoms with Crippen molar-refractivity contribution in [3.8, 4) is 0 Å². The molecule has 0 N–H and O–H groups in total. The summed E-state index contributed by atoms with van der Waals surface area (Å²) in [6, 6.07) is 9.08. The SMILES string of the molecule is Cc1ccc(C(C2=CCCC2)C(C)C)cc1. The first-order chi connectivity index (χ1) is 7.68. The van der Waals surface area contributed by atoms with Gasteiger partial charge in [-0.05, 0) is 37.7 Å². The van der Waals surface area contributed by atoms with E-state index in [0.717, 1.165) is 0 Å². The van der Waals surface area contributed by atoms with Gasteiger partial charge in [0, 0.05) is 5.92 Å². The Labute approximate surface area is 99.4 Å². The van der Waals surface area contributed by atoms with Crippen molar-refractivity contribution in [2.75, 3.05) is 0 Å². The van der Waals surface area contributed by atoms with Gasteiger partial charge in [-0.1, -0.05) is 55.3 Å². The van der Waals surface area contributed by atoms with E-state index >= 15 is 0 Å². The second-order valence-corrected chi connectivity index (χ2v) is 5.30. The first kappa shape index (κ1) is 11.4. The molecule has 0 nitrogen and oxygen atoms in total. The highest BCUT2D eigenvalue weighted by atomic mass is 14.3. The summed E-state index contributed by atoms with van der Waals surface area (Å²) in [6.45, 7) is 6.83. The molecule has 0 heteroatoms. The van der Waals surface area contributed by atoms with Crippen LogP contribution in [0, 0.1) is 12.8 Å². The maximum Gasteiger partial charge on any atom is 0.00711 e. The van der Waals surface area contributed by atoms with Gasteiger partial charge in [0.05, 0.1) is 0 Å². The lowest BCUT2D eigenvalue weighted by Gasteiger charge is -2.23. The predicted molar refractivity (Wildman–Crippen MR) is 70.7 cm³/mol. The van der Waals surface area contributed by atoms with Gasteiger partial charge >= 0.3 is 0 Å². The molecular formula is C16H22. The molecule has 0 spiro atoms. The number of rotatable bonds is 3. The lowest BCUT2D eigenvalue weighted by molar-refractivity contribution is 0.545. The van der Waals surface area contributed by atoms with Crippen LogP contribution < -0.4 is 0 Å². The van der Waals surface area contributed by atoms with Gasteiger partial charge in [-0.25, -0.2) is 0 Å². The van der Waals surface area contributed by atoms with E-state index < -0.39 is 0 Å². The van der Waals surface area contributed by atoms with Crippen LogP contribution in [0.1, 0.15) is 50.2 Å². The summed E-state index contributed by atoms with van der Waals surface area (Å²) in [4.78, 5) is 0. The molecule has 0 heterocycles. The van der Waals surface area contributed by atoms with Crippen molar-refractivity contribution in [2.24, 2.45) is 5.92 Å². The Bertz CT molecular complexity index is 368. The zero-order valence-corrected chi connectivity index (χ0v) is 10.7. The molecule has 0 bridgehead atoms. The Balaban J connectivity index is 2.28. The highest BCUT2D eigenvalue weighted by Crippen LogP contribution is 2.37. The van der Waals surface area contributed by atoms with Gasteiger partial charge in [-0.3, -0.25) is 0 Å². The van der Waals surface area contributed by atoms with Crippen LogP contribution in [0.2, 0.25) is 0 Å². The van der Waals surface area contributed by atoms with Crippen LogP contribution in [0.3, 0.4) is 0 Å². The van der Waals surface area contributed by atoms with E-state index in [1.54, 1.807) is 5.57 Å². The molecule has 0 amide bonds. The Morgan fingerprint density at radius 1 is 1.06 bits per heavy atom. The molecule has 0 aliphatic heterocycles. The van der Waals surface area contributed by atoms with E-state index in [0.29, 0.717) is 11.8 Å². The van der Waals surface area contributed by atoms with Gasteiger partial charge in [0.1, 0.15) is 0 Å². The first-order valence-corrected chi connectivity index (χ1v) is 6.44. The van der Waals surface area contributed by atoms with Crippen molar-refractivity contribution < 1.29 is 0 Å². The first-order valence-electron chi connectivity index (χ1n) is 6.44. The minimum atomic E-state index is 0.642. The van der Waals surface area contributed by atoms with Crippen LogP contribution in [-0.2, 0) is 0 Å². The molecule has 0 saturated heterocycles. The normalized spacial score (nSPS) is 17.6. The average molecular weight is 214 g/mol. The zero-order valence-electron chi connectivity index (χ0n) is 10.7. The molecule has 2 rings (SSSR count). The summed E-state index contributed by atoms with van der Waals surface area (Å²) < 4.78 is 0. The second-order valence-electron chi connectivity index (χ2n) is 5.30. The highest BCUT2D eigenvalue weighted by Gasteiger charge is 2.21. The summed E-state index contributed by atoms with van der Waals surface area (Å²) in [5.74, 6) is 1.34. The van der Waals surface area contributed by atoms with Crippen LogP contribution in [0.4, 0.5) is 0 Å². The van der Waals surface area contributed by atoms with Gasteiger partial charge < -0.3 is 0 Å². The minimum Gasteiger partial charge on any atom is -0.0847 e. The monoisotopic (exact) mass is 214 g/mol. The molecule has 1 aromatic rings. The fourth-order valence-corrected chi connectivity index (χ4v) is 2.78. The molecule has 0 radical (unpaired) electrons. The predicted octanol–water partition coefficient (Wildman–Crippen LogP) is 4.84. The Morgan fingerprint density at radius 3 is 2.25 bits per heavy atom. The van der Waals surface area contributed by atoms with Gasteiger partial charge in [-0.2, -0.15) is 0 Å². The number of allylic oxidation sites excluding steroid dienone is 2. The number of aryl methyl sites for hydroxylation is 1. The number of hydrogen-bond acceptors (Lipinski definition) is 0. The van der Waals surface area contributed by atoms with Crippen molar-refractivity contribution in [3.05, 3.63) is 47.0 Å². The fourth-order valence-electron chi connectivity index (χ4n) is 2.78. The molecule has 1 unspecified atom stereocenters. The van der Waals surface area contributed by atoms with E-state index in [4.69, 9.17) is 0 Å². The summed E-state index contributed by atoms with van der Waals surface area (Å²) in [7, 11) is 0. The van der Waals surface area contributed by atoms with Crippen LogP contribution in [0.25, 0.3) is 0 Å². The van der Waals surface area contributed by atoms with Crippen molar-refractivity contribution in [1.29, 1.82) is 0 Å². The molecule has 0 aromatic heterocycles. The average Bonchev–Trinajstić information content (AvgIpc) is 2.74. The molecule has 0 fully saturated rings. The van der Waals surface area contributed by atoms with E-state index in [9.17, 15) is 0 Å². The van der Waals surface area contributed by atoms with E-state index in [1.807, 2.05) is 0 Å². The van der Waals surface area contributed by atoms with Crippen molar-refractivity contribution in [1.82, 2.24) is 0 Å².